The summed E-state index contributed by atoms with van der Waals surface area (Å²) in [5.74, 6) is 0.828. The van der Waals surface area contributed by atoms with Crippen molar-refractivity contribution in [3.8, 4) is 11.5 Å². The molecule has 0 aromatic heterocycles. The summed E-state index contributed by atoms with van der Waals surface area (Å²) in [6, 6.07) is 14.0. The van der Waals surface area contributed by atoms with E-state index in [2.05, 4.69) is 9.64 Å². The van der Waals surface area contributed by atoms with Crippen molar-refractivity contribution in [1.82, 2.24) is 4.90 Å². The molecule has 0 unspecified atom stereocenters. The lowest BCUT2D eigenvalue weighted by Gasteiger charge is -2.35. The highest BCUT2D eigenvalue weighted by Gasteiger charge is 2.20. The van der Waals surface area contributed by atoms with Gasteiger partial charge in [-0.3, -0.25) is 4.79 Å². The minimum Gasteiger partial charge on any atom is -0.497 e. The maximum atomic E-state index is 12.4. The van der Waals surface area contributed by atoms with Crippen molar-refractivity contribution in [2.45, 2.75) is 6.61 Å². The minimum absolute atomic E-state index is 0.0711. The van der Waals surface area contributed by atoms with E-state index in [1.165, 1.54) is 18.2 Å². The molecule has 1 aliphatic rings. The normalized spacial score (nSPS) is 14.6. The minimum atomic E-state index is -2.85. The molecule has 7 heteroatoms. The number of hydrogen-bond acceptors (Lipinski definition) is 4. The molecule has 0 aliphatic carbocycles. The Labute approximate surface area is 162 Å². The zero-order valence-corrected chi connectivity index (χ0v) is 15.6. The van der Waals surface area contributed by atoms with Gasteiger partial charge in [0.15, 0.2) is 0 Å². The summed E-state index contributed by atoms with van der Waals surface area (Å²) in [5, 5.41) is 0. The van der Waals surface area contributed by atoms with Gasteiger partial charge in [-0.25, -0.2) is 0 Å². The Morgan fingerprint density at radius 2 is 1.75 bits per heavy atom. The van der Waals surface area contributed by atoms with E-state index in [0.717, 1.165) is 30.1 Å². The van der Waals surface area contributed by atoms with Gasteiger partial charge in [0.1, 0.15) is 11.5 Å². The van der Waals surface area contributed by atoms with Gasteiger partial charge in [0.05, 0.1) is 7.11 Å². The lowest BCUT2D eigenvalue weighted by atomic mass is 10.2. The summed E-state index contributed by atoms with van der Waals surface area (Å²) in [5.41, 5.74) is 1.82. The van der Waals surface area contributed by atoms with Crippen molar-refractivity contribution < 1.29 is 23.0 Å². The topological polar surface area (TPSA) is 42.0 Å². The van der Waals surface area contributed by atoms with Gasteiger partial charge >= 0.3 is 6.61 Å². The van der Waals surface area contributed by atoms with Crippen LogP contribution in [0.4, 0.5) is 14.5 Å². The van der Waals surface area contributed by atoms with Crippen LogP contribution in [-0.4, -0.2) is 50.7 Å². The summed E-state index contributed by atoms with van der Waals surface area (Å²) >= 11 is 0. The van der Waals surface area contributed by atoms with E-state index in [4.69, 9.17) is 4.74 Å². The number of rotatable bonds is 6. The van der Waals surface area contributed by atoms with Gasteiger partial charge in [-0.05, 0) is 35.9 Å². The highest BCUT2D eigenvalue weighted by molar-refractivity contribution is 5.92. The summed E-state index contributed by atoms with van der Waals surface area (Å²) in [6.45, 7) is -0.110. The molecule has 0 saturated carbocycles. The Hall–Kier alpha value is -3.09. The number of halogens is 2. The monoisotopic (exact) mass is 388 g/mol. The Kier molecular flexibility index (Phi) is 6.47. The lowest BCUT2D eigenvalue weighted by molar-refractivity contribution is -0.126. The van der Waals surface area contributed by atoms with E-state index < -0.39 is 6.61 Å². The second-order valence-corrected chi connectivity index (χ2v) is 6.29. The molecule has 0 spiro atoms. The molecule has 148 valence electrons. The Balaban J connectivity index is 1.52. The van der Waals surface area contributed by atoms with E-state index in [1.807, 2.05) is 24.3 Å². The maximum absolute atomic E-state index is 12.4. The predicted octanol–water partition coefficient (Wildman–Crippen LogP) is 3.66. The highest BCUT2D eigenvalue weighted by Crippen LogP contribution is 2.22. The molecule has 5 nitrogen and oxygen atoms in total. The molecule has 0 radical (unpaired) electrons. The molecule has 1 fully saturated rings. The van der Waals surface area contributed by atoms with Crippen LogP contribution in [0.25, 0.3) is 6.08 Å². The van der Waals surface area contributed by atoms with Crippen molar-refractivity contribution in [1.29, 1.82) is 0 Å². The van der Waals surface area contributed by atoms with Crippen LogP contribution >= 0.6 is 0 Å². The molecular formula is C21H22F2N2O3. The summed E-state index contributed by atoms with van der Waals surface area (Å²) in [7, 11) is 1.64. The van der Waals surface area contributed by atoms with Crippen LogP contribution in [0, 0.1) is 0 Å². The van der Waals surface area contributed by atoms with Crippen molar-refractivity contribution in [3.63, 3.8) is 0 Å². The highest BCUT2D eigenvalue weighted by atomic mass is 19.3. The van der Waals surface area contributed by atoms with Gasteiger partial charge in [-0.2, -0.15) is 8.78 Å². The van der Waals surface area contributed by atoms with Crippen LogP contribution in [0.1, 0.15) is 5.56 Å². The number of amides is 1. The molecule has 1 heterocycles. The van der Waals surface area contributed by atoms with Crippen molar-refractivity contribution >= 4 is 17.7 Å². The number of anilines is 1. The first kappa shape index (κ1) is 19.7. The smallest absolute Gasteiger partial charge is 0.387 e. The van der Waals surface area contributed by atoms with Crippen LogP contribution in [-0.2, 0) is 4.79 Å². The number of piperazine rings is 1. The first-order valence-electron chi connectivity index (χ1n) is 8.96. The van der Waals surface area contributed by atoms with Crippen LogP contribution in [0.5, 0.6) is 11.5 Å². The van der Waals surface area contributed by atoms with Crippen LogP contribution in [0.3, 0.4) is 0 Å². The van der Waals surface area contributed by atoms with Gasteiger partial charge in [-0.15, -0.1) is 0 Å². The van der Waals surface area contributed by atoms with Gasteiger partial charge < -0.3 is 19.3 Å². The van der Waals surface area contributed by atoms with Crippen LogP contribution in [0.2, 0.25) is 0 Å². The fourth-order valence-electron chi connectivity index (χ4n) is 3.03. The number of carbonyl (C=O) groups excluding carboxylic acids is 1. The molecule has 28 heavy (non-hydrogen) atoms. The maximum Gasteiger partial charge on any atom is 0.387 e. The zero-order chi connectivity index (χ0) is 19.9. The van der Waals surface area contributed by atoms with E-state index in [9.17, 15) is 13.6 Å². The SMILES string of the molecule is COc1cccc(N2CCN(C(=O)/C=C/c3ccc(OC(F)F)cc3)CC2)c1. The van der Waals surface area contributed by atoms with E-state index in [-0.39, 0.29) is 11.7 Å². The zero-order valence-electron chi connectivity index (χ0n) is 15.6. The third-order valence-electron chi connectivity index (χ3n) is 4.53. The number of nitrogens with zero attached hydrogens (tertiary/aromatic N) is 2. The van der Waals surface area contributed by atoms with Gasteiger partial charge in [0.2, 0.25) is 5.91 Å². The molecule has 1 saturated heterocycles. The molecular weight excluding hydrogens is 366 g/mol. The van der Waals surface area contributed by atoms with Gasteiger partial charge in [-0.1, -0.05) is 18.2 Å². The Morgan fingerprint density at radius 3 is 2.39 bits per heavy atom. The molecule has 2 aromatic rings. The number of carbonyl (C=O) groups is 1. The lowest BCUT2D eigenvalue weighted by Crippen LogP contribution is -2.48. The number of methoxy groups -OCH3 is 1. The molecule has 0 N–H and O–H groups in total. The van der Waals surface area contributed by atoms with Gasteiger partial charge in [0, 0.05) is 44.0 Å². The van der Waals surface area contributed by atoms with E-state index in [0.29, 0.717) is 13.1 Å². The first-order chi connectivity index (χ1) is 13.5. The molecule has 1 amide bonds. The molecule has 0 atom stereocenters. The second kappa shape index (κ2) is 9.21. The largest absolute Gasteiger partial charge is 0.497 e. The van der Waals surface area contributed by atoms with Crippen molar-refractivity contribution in [2.75, 3.05) is 38.2 Å². The number of hydrogen-bond donors (Lipinski definition) is 0. The van der Waals surface area contributed by atoms with E-state index >= 15 is 0 Å². The average molecular weight is 388 g/mol. The molecule has 0 bridgehead atoms. The van der Waals surface area contributed by atoms with Gasteiger partial charge in [0.25, 0.3) is 0 Å². The third-order valence-corrected chi connectivity index (χ3v) is 4.53. The molecule has 2 aromatic carbocycles. The third kappa shape index (κ3) is 5.22. The predicted molar refractivity (Wildman–Crippen MR) is 104 cm³/mol. The molecule has 3 rings (SSSR count). The average Bonchev–Trinajstić information content (AvgIpc) is 2.73. The quantitative estimate of drug-likeness (QED) is 0.709. The summed E-state index contributed by atoms with van der Waals surface area (Å²) in [4.78, 5) is 16.4. The first-order valence-corrected chi connectivity index (χ1v) is 8.96. The second-order valence-electron chi connectivity index (χ2n) is 6.29. The Morgan fingerprint density at radius 1 is 1.04 bits per heavy atom. The van der Waals surface area contributed by atoms with Crippen molar-refractivity contribution in [3.05, 3.63) is 60.2 Å². The number of benzene rings is 2. The van der Waals surface area contributed by atoms with Crippen molar-refractivity contribution in [2.24, 2.45) is 0 Å². The van der Waals surface area contributed by atoms with Crippen LogP contribution < -0.4 is 14.4 Å². The summed E-state index contributed by atoms with van der Waals surface area (Å²) in [6.07, 6.45) is 3.17. The summed E-state index contributed by atoms with van der Waals surface area (Å²) < 4.78 is 33.9. The molecule has 1 aliphatic heterocycles. The fourth-order valence-corrected chi connectivity index (χ4v) is 3.03. The van der Waals surface area contributed by atoms with E-state index in [1.54, 1.807) is 30.2 Å². The standard InChI is InChI=1S/C21H22F2N2O3/c1-27-19-4-2-3-17(15-19)24-11-13-25(14-12-24)20(26)10-7-16-5-8-18(9-6-16)28-21(22)23/h2-10,15,21H,11-14H2,1H3/b10-7+. The number of alkyl halides is 2. The Bertz CT molecular complexity index is 817. The van der Waals surface area contributed by atoms with Crippen LogP contribution in [0.15, 0.2) is 54.6 Å². The number of ether oxygens (including phenoxy) is 2. The fraction of sp³-hybridized carbons (Fsp3) is 0.286.